The fourth-order valence-corrected chi connectivity index (χ4v) is 4.79. The maximum Gasteiger partial charge on any atom is 0.335 e. The minimum absolute atomic E-state index is 0.119. The van der Waals surface area contributed by atoms with Crippen LogP contribution in [0, 0.1) is 0 Å². The number of pyridine rings is 1. The molecular formula is C26H20ClN3O4S. The highest BCUT2D eigenvalue weighted by Crippen LogP contribution is 2.45. The molecule has 176 valence electrons. The van der Waals surface area contributed by atoms with E-state index in [4.69, 9.17) is 33.0 Å². The number of thiocarbonyl (C=S) groups is 1. The number of aromatic carboxylic acids is 1. The van der Waals surface area contributed by atoms with Crippen LogP contribution in [-0.2, 0) is 0 Å². The number of nitrogens with one attached hydrogen (secondary N) is 1. The van der Waals surface area contributed by atoms with Gasteiger partial charge in [0.1, 0.15) is 23.3 Å². The average Bonchev–Trinajstić information content (AvgIpc) is 3.49. The Bertz CT molecular complexity index is 1410. The molecule has 0 amide bonds. The number of carboxylic acids is 1. The number of ether oxygens (including phenoxy) is 1. The van der Waals surface area contributed by atoms with Crippen LogP contribution < -0.4 is 15.0 Å². The van der Waals surface area contributed by atoms with Gasteiger partial charge in [0.15, 0.2) is 5.11 Å². The Kier molecular flexibility index (Phi) is 6.15. The highest BCUT2D eigenvalue weighted by Gasteiger charge is 2.43. The minimum Gasteiger partial charge on any atom is -0.495 e. The first kappa shape index (κ1) is 22.9. The molecule has 0 spiro atoms. The zero-order valence-corrected chi connectivity index (χ0v) is 20.1. The second kappa shape index (κ2) is 9.40. The first-order valence-electron chi connectivity index (χ1n) is 10.7. The summed E-state index contributed by atoms with van der Waals surface area (Å²) in [5.74, 6) is 0.668. The molecule has 1 aliphatic rings. The fraction of sp³-hybridized carbons (Fsp3) is 0.115. The first-order valence-corrected chi connectivity index (χ1v) is 11.5. The van der Waals surface area contributed by atoms with Crippen molar-refractivity contribution < 1.29 is 19.1 Å². The largest absolute Gasteiger partial charge is 0.495 e. The summed E-state index contributed by atoms with van der Waals surface area (Å²) in [6.07, 6.45) is 1.73. The van der Waals surface area contributed by atoms with E-state index in [-0.39, 0.29) is 11.6 Å². The lowest BCUT2D eigenvalue weighted by atomic mass is 10.0. The van der Waals surface area contributed by atoms with Gasteiger partial charge in [-0.25, -0.2) is 4.79 Å². The van der Waals surface area contributed by atoms with Crippen molar-refractivity contribution in [3.8, 4) is 17.1 Å². The number of aromatic nitrogens is 1. The van der Waals surface area contributed by atoms with Gasteiger partial charge in [-0.2, -0.15) is 0 Å². The van der Waals surface area contributed by atoms with Crippen LogP contribution in [0.25, 0.3) is 11.3 Å². The monoisotopic (exact) mass is 505 g/mol. The quantitative estimate of drug-likeness (QED) is 0.314. The summed E-state index contributed by atoms with van der Waals surface area (Å²) < 4.78 is 11.9. The van der Waals surface area contributed by atoms with E-state index in [1.165, 1.54) is 12.1 Å². The second-order valence-electron chi connectivity index (χ2n) is 7.87. The average molecular weight is 506 g/mol. The number of rotatable bonds is 6. The lowest BCUT2D eigenvalue weighted by Crippen LogP contribution is -2.29. The molecule has 2 atom stereocenters. The molecule has 4 aromatic rings. The molecular weight excluding hydrogens is 486 g/mol. The van der Waals surface area contributed by atoms with Gasteiger partial charge in [-0.1, -0.05) is 29.8 Å². The van der Waals surface area contributed by atoms with E-state index in [1.54, 1.807) is 25.4 Å². The molecule has 1 aliphatic heterocycles. The highest BCUT2D eigenvalue weighted by molar-refractivity contribution is 7.80. The zero-order chi connectivity index (χ0) is 24.5. The van der Waals surface area contributed by atoms with Crippen LogP contribution in [0.5, 0.6) is 5.75 Å². The van der Waals surface area contributed by atoms with Crippen molar-refractivity contribution >= 4 is 40.6 Å². The van der Waals surface area contributed by atoms with E-state index in [9.17, 15) is 9.90 Å². The number of furan rings is 1. The Balaban J connectivity index is 1.63. The number of nitrogens with zero attached hydrogens (tertiary/aromatic N) is 2. The molecule has 0 aliphatic carbocycles. The number of carbonyl (C=O) groups is 1. The molecule has 3 heterocycles. The number of methoxy groups -OCH3 is 1. The maximum atomic E-state index is 11.5. The van der Waals surface area contributed by atoms with Gasteiger partial charge >= 0.3 is 5.97 Å². The fourth-order valence-electron chi connectivity index (χ4n) is 4.24. The first-order chi connectivity index (χ1) is 17.0. The smallest absolute Gasteiger partial charge is 0.335 e. The summed E-state index contributed by atoms with van der Waals surface area (Å²) in [6, 6.07) is 20.7. The van der Waals surface area contributed by atoms with E-state index in [2.05, 4.69) is 10.3 Å². The van der Waals surface area contributed by atoms with E-state index < -0.39 is 12.0 Å². The molecule has 1 saturated heterocycles. The summed E-state index contributed by atoms with van der Waals surface area (Å²) in [7, 11) is 1.61. The Morgan fingerprint density at radius 2 is 1.94 bits per heavy atom. The van der Waals surface area contributed by atoms with Crippen LogP contribution in [0.1, 0.15) is 33.9 Å². The van der Waals surface area contributed by atoms with Gasteiger partial charge in [0.05, 0.1) is 35.1 Å². The van der Waals surface area contributed by atoms with Gasteiger partial charge in [-0.3, -0.25) is 4.98 Å². The van der Waals surface area contributed by atoms with Gasteiger partial charge in [0.25, 0.3) is 0 Å². The van der Waals surface area contributed by atoms with Crippen molar-refractivity contribution in [3.05, 3.63) is 101 Å². The van der Waals surface area contributed by atoms with Crippen molar-refractivity contribution in [1.82, 2.24) is 10.3 Å². The Morgan fingerprint density at radius 3 is 2.69 bits per heavy atom. The van der Waals surface area contributed by atoms with Gasteiger partial charge in [0, 0.05) is 11.8 Å². The predicted molar refractivity (Wildman–Crippen MR) is 137 cm³/mol. The molecule has 7 nitrogen and oxygen atoms in total. The summed E-state index contributed by atoms with van der Waals surface area (Å²) in [5, 5.41) is 13.7. The number of benzene rings is 2. The third kappa shape index (κ3) is 4.22. The lowest BCUT2D eigenvalue weighted by Gasteiger charge is -2.27. The van der Waals surface area contributed by atoms with Crippen LogP contribution in [0.15, 0.2) is 83.4 Å². The SMILES string of the molecule is COc1ccccc1N1C(=S)N[C@H](c2ccccn2)[C@@H]1c1ccc(-c2cc(C(=O)O)ccc2Cl)o1. The molecule has 0 radical (unpaired) electrons. The van der Waals surface area contributed by atoms with Gasteiger partial charge in [-0.05, 0) is 66.8 Å². The van der Waals surface area contributed by atoms with E-state index >= 15 is 0 Å². The number of hydrogen-bond donors (Lipinski definition) is 2. The van der Waals surface area contributed by atoms with Crippen molar-refractivity contribution in [2.45, 2.75) is 12.1 Å². The topological polar surface area (TPSA) is 87.8 Å². The van der Waals surface area contributed by atoms with Gasteiger partial charge in [0.2, 0.25) is 0 Å². The number of carboxylic acid groups (broad SMARTS) is 1. The molecule has 9 heteroatoms. The normalized spacial score (nSPS) is 17.3. The zero-order valence-electron chi connectivity index (χ0n) is 18.5. The number of halogens is 1. The third-order valence-electron chi connectivity index (χ3n) is 5.84. The Hall–Kier alpha value is -3.88. The summed E-state index contributed by atoms with van der Waals surface area (Å²) >= 11 is 12.1. The minimum atomic E-state index is -1.04. The van der Waals surface area contributed by atoms with E-state index in [0.717, 1.165) is 11.4 Å². The maximum absolute atomic E-state index is 11.5. The van der Waals surface area contributed by atoms with Crippen molar-refractivity contribution in [2.24, 2.45) is 0 Å². The summed E-state index contributed by atoms with van der Waals surface area (Å²) in [5.41, 5.74) is 2.18. The van der Waals surface area contributed by atoms with E-state index in [0.29, 0.717) is 33.0 Å². The third-order valence-corrected chi connectivity index (χ3v) is 6.48. The molecule has 1 fully saturated rings. The van der Waals surface area contributed by atoms with Crippen molar-refractivity contribution in [3.63, 3.8) is 0 Å². The Morgan fingerprint density at radius 1 is 1.14 bits per heavy atom. The van der Waals surface area contributed by atoms with Crippen LogP contribution in [0.4, 0.5) is 5.69 Å². The summed E-state index contributed by atoms with van der Waals surface area (Å²) in [4.78, 5) is 18.0. The predicted octanol–water partition coefficient (Wildman–Crippen LogP) is 5.88. The summed E-state index contributed by atoms with van der Waals surface area (Å²) in [6.45, 7) is 0. The van der Waals surface area contributed by atoms with Crippen molar-refractivity contribution in [1.29, 1.82) is 0 Å². The molecule has 0 unspecified atom stereocenters. The standard InChI is InChI=1S/C26H20ClN3O4S/c1-33-21-8-3-2-7-19(21)30-24(23(29-26(30)35)18-6-4-5-13-28-18)22-12-11-20(34-22)16-14-15(25(31)32)9-10-17(16)27/h2-14,23-24H,1H3,(H,29,35)(H,31,32)/t23-,24+/m1/s1. The molecule has 35 heavy (non-hydrogen) atoms. The lowest BCUT2D eigenvalue weighted by molar-refractivity contribution is 0.0697. The van der Waals surface area contributed by atoms with Crippen LogP contribution >= 0.6 is 23.8 Å². The van der Waals surface area contributed by atoms with Gasteiger partial charge < -0.3 is 24.5 Å². The van der Waals surface area contributed by atoms with Crippen LogP contribution in [0.3, 0.4) is 0 Å². The van der Waals surface area contributed by atoms with Gasteiger partial charge in [-0.15, -0.1) is 0 Å². The highest BCUT2D eigenvalue weighted by atomic mass is 35.5. The second-order valence-corrected chi connectivity index (χ2v) is 8.66. The molecule has 2 aromatic heterocycles. The number of hydrogen-bond acceptors (Lipinski definition) is 5. The molecule has 0 bridgehead atoms. The van der Waals surface area contributed by atoms with Crippen LogP contribution in [0.2, 0.25) is 5.02 Å². The Labute approximate surface area is 211 Å². The van der Waals surface area contributed by atoms with Crippen LogP contribution in [-0.4, -0.2) is 28.3 Å². The number of anilines is 1. The molecule has 2 aromatic carbocycles. The van der Waals surface area contributed by atoms with E-state index in [1.807, 2.05) is 53.4 Å². The molecule has 2 N–H and O–H groups in total. The van der Waals surface area contributed by atoms with Crippen molar-refractivity contribution in [2.75, 3.05) is 12.0 Å². The number of para-hydroxylation sites is 2. The molecule has 5 rings (SSSR count). The molecule has 0 saturated carbocycles.